The molecule has 0 aliphatic carbocycles. The van der Waals surface area contributed by atoms with Gasteiger partial charge in [-0.1, -0.05) is 72.8 Å². The van der Waals surface area contributed by atoms with Gasteiger partial charge < -0.3 is 14.2 Å². The van der Waals surface area contributed by atoms with E-state index in [1.807, 2.05) is 0 Å². The maximum Gasteiger partial charge on any atom is 0.336 e. The smallest absolute Gasteiger partial charge is 0.336 e. The Morgan fingerprint density at radius 3 is 1.00 bits per heavy atom. The van der Waals surface area contributed by atoms with Crippen molar-refractivity contribution in [2.24, 2.45) is 0 Å². The molecule has 0 N–H and O–H groups in total. The van der Waals surface area contributed by atoms with E-state index in [0.717, 1.165) is 13.7 Å². The van der Waals surface area contributed by atoms with Crippen molar-refractivity contribution >= 4 is 0 Å². The highest BCUT2D eigenvalue weighted by atomic mass is 16.5. The van der Waals surface area contributed by atoms with Gasteiger partial charge in [0, 0.05) is 0 Å². The van der Waals surface area contributed by atoms with E-state index >= 15 is 0 Å². The highest BCUT2D eigenvalue weighted by Crippen LogP contribution is 2.10. The van der Waals surface area contributed by atoms with Crippen LogP contribution in [0.2, 0.25) is 0 Å². The first-order valence-electron chi connectivity index (χ1n) is 12.6. The highest BCUT2D eigenvalue weighted by Gasteiger charge is 2.17. The van der Waals surface area contributed by atoms with Gasteiger partial charge in [-0.2, -0.15) is 15.8 Å². The van der Waals surface area contributed by atoms with Gasteiger partial charge in [0.15, 0.2) is 0 Å². The Hall–Kier alpha value is -6.06. The minimum absolute atomic E-state index is 0.0285. The molecule has 0 saturated carbocycles. The molecule has 0 atom stereocenters. The third-order valence-corrected chi connectivity index (χ3v) is 6.29. The molecule has 12 heteroatoms. The summed E-state index contributed by atoms with van der Waals surface area (Å²) in [5.74, 6) is 0. The molecule has 0 spiro atoms. The number of aromatic nitrogens is 3. The molecule has 12 nitrogen and oxygen atoms in total. The Labute approximate surface area is 239 Å². The van der Waals surface area contributed by atoms with Crippen LogP contribution in [0, 0.1) is 34.6 Å². The highest BCUT2D eigenvalue weighted by molar-refractivity contribution is 5.26. The topological polar surface area (TPSA) is 165 Å². The second-order valence-corrected chi connectivity index (χ2v) is 9.21. The second kappa shape index (κ2) is 13.8. The maximum atomic E-state index is 13.6. The van der Waals surface area contributed by atoms with Crippen molar-refractivity contribution < 1.29 is 14.2 Å². The van der Waals surface area contributed by atoms with Gasteiger partial charge in [0.2, 0.25) is 0 Å². The molecule has 1 aromatic heterocycles. The van der Waals surface area contributed by atoms with Crippen LogP contribution in [0.3, 0.4) is 0 Å². The Bertz CT molecular complexity index is 1640. The van der Waals surface area contributed by atoms with Crippen molar-refractivity contribution in [2.45, 2.75) is 39.5 Å². The van der Waals surface area contributed by atoms with Crippen LogP contribution in [-0.4, -0.2) is 13.7 Å². The zero-order valence-corrected chi connectivity index (χ0v) is 22.3. The predicted molar refractivity (Wildman–Crippen MR) is 147 cm³/mol. The lowest BCUT2D eigenvalue weighted by Crippen LogP contribution is -2.54. The number of ether oxygens (including phenoxy) is 3. The van der Waals surface area contributed by atoms with Crippen LogP contribution in [0.1, 0.15) is 33.4 Å². The summed E-state index contributed by atoms with van der Waals surface area (Å²) in [6, 6.07) is 20.7. The van der Waals surface area contributed by atoms with E-state index < -0.39 is 17.1 Å². The molecule has 210 valence electrons. The van der Waals surface area contributed by atoms with Crippen LogP contribution in [0.4, 0.5) is 0 Å². The fraction of sp³-hybridized carbons (Fsp3) is 0.200. The molecule has 0 radical (unpaired) electrons. The van der Waals surface area contributed by atoms with Gasteiger partial charge in [0.25, 0.3) is 18.8 Å². The summed E-state index contributed by atoms with van der Waals surface area (Å²) in [5.41, 5.74) is 1.40. The lowest BCUT2D eigenvalue weighted by Gasteiger charge is -2.15. The number of benzene rings is 3. The van der Waals surface area contributed by atoms with Crippen molar-refractivity contribution in [3.8, 4) is 18.8 Å². The van der Waals surface area contributed by atoms with Gasteiger partial charge in [-0.15, -0.1) is 0 Å². The van der Waals surface area contributed by atoms with E-state index in [-0.39, 0.29) is 39.5 Å². The molecule has 4 aromatic rings. The van der Waals surface area contributed by atoms with Gasteiger partial charge in [-0.3, -0.25) is 0 Å². The van der Waals surface area contributed by atoms with Crippen molar-refractivity contribution in [1.29, 1.82) is 15.8 Å². The summed E-state index contributed by atoms with van der Waals surface area (Å²) in [6.45, 7) is -0.318. The normalized spacial score (nSPS) is 10.2. The van der Waals surface area contributed by atoms with Crippen LogP contribution < -0.4 is 17.1 Å². The first-order valence-corrected chi connectivity index (χ1v) is 12.6. The molecule has 0 amide bonds. The van der Waals surface area contributed by atoms with E-state index in [1.165, 1.54) is 0 Å². The van der Waals surface area contributed by atoms with Crippen molar-refractivity contribution in [1.82, 2.24) is 13.7 Å². The molecular weight excluding hydrogens is 540 g/mol. The van der Waals surface area contributed by atoms with Crippen LogP contribution in [0.15, 0.2) is 87.2 Å². The molecule has 42 heavy (non-hydrogen) atoms. The lowest BCUT2D eigenvalue weighted by atomic mass is 10.1. The zero-order chi connectivity index (χ0) is 29.9. The molecule has 3 aromatic carbocycles. The van der Waals surface area contributed by atoms with Gasteiger partial charge in [-0.05, 0) is 33.4 Å². The summed E-state index contributed by atoms with van der Waals surface area (Å²) < 4.78 is 17.3. The summed E-state index contributed by atoms with van der Waals surface area (Å²) in [5, 5.41) is 26.2. The molecule has 1 heterocycles. The summed E-state index contributed by atoms with van der Waals surface area (Å²) in [4.78, 5) is 40.9. The second-order valence-electron chi connectivity index (χ2n) is 9.21. The predicted octanol–water partition coefficient (Wildman–Crippen LogP) is 2.31. The number of nitriles is 3. The first-order chi connectivity index (χ1) is 20.4. The van der Waals surface area contributed by atoms with Gasteiger partial charge >= 0.3 is 17.1 Å². The average molecular weight is 565 g/mol. The fourth-order valence-electron chi connectivity index (χ4n) is 4.44. The first kappa shape index (κ1) is 28.9. The SMILES string of the molecule is N#COCc1cccc(Cn2c(=O)n(Cc3cccc(COC#N)c3)c(=O)n(Cc3cccc(COC#N)c3)c2=O)c1. The molecule has 0 aliphatic heterocycles. The molecule has 0 bridgehead atoms. The summed E-state index contributed by atoms with van der Waals surface area (Å²) >= 11 is 0. The molecular formula is C30H24N6O6. The van der Waals surface area contributed by atoms with E-state index in [2.05, 4.69) is 0 Å². The number of rotatable bonds is 12. The van der Waals surface area contributed by atoms with E-state index in [9.17, 15) is 14.4 Å². The molecule has 0 saturated heterocycles. The van der Waals surface area contributed by atoms with Crippen LogP contribution >= 0.6 is 0 Å². The van der Waals surface area contributed by atoms with Crippen LogP contribution in [0.25, 0.3) is 0 Å². The van der Waals surface area contributed by atoms with Gasteiger partial charge in [0.05, 0.1) is 19.6 Å². The minimum Gasteiger partial charge on any atom is -0.423 e. The molecule has 0 fully saturated rings. The summed E-state index contributed by atoms with van der Waals surface area (Å²) in [6.07, 6.45) is 4.82. The minimum atomic E-state index is -0.797. The third-order valence-electron chi connectivity index (χ3n) is 6.29. The molecule has 0 aliphatic rings. The third kappa shape index (κ3) is 7.12. The standard InChI is InChI=1S/C30H24N6O6/c31-19-40-16-25-7-1-4-22(10-25)13-34-28(37)35(14-23-5-2-8-26(11-23)17-41-20-32)30(39)36(29(34)38)15-24-6-3-9-27(12-24)18-42-21-33/h1-12H,13-18H2. The molecule has 4 rings (SSSR count). The lowest BCUT2D eigenvalue weighted by molar-refractivity contribution is 0.257. The maximum absolute atomic E-state index is 13.6. The number of hydrogen-bond acceptors (Lipinski definition) is 9. The average Bonchev–Trinajstić information content (AvgIpc) is 3.01. The Morgan fingerprint density at radius 2 is 0.738 bits per heavy atom. The Morgan fingerprint density at radius 1 is 0.476 bits per heavy atom. The van der Waals surface area contributed by atoms with Crippen LogP contribution in [0.5, 0.6) is 0 Å². The van der Waals surface area contributed by atoms with Crippen molar-refractivity contribution in [2.75, 3.05) is 0 Å². The van der Waals surface area contributed by atoms with E-state index in [0.29, 0.717) is 33.4 Å². The summed E-state index contributed by atoms with van der Waals surface area (Å²) in [7, 11) is 0. The largest absolute Gasteiger partial charge is 0.423 e. The van der Waals surface area contributed by atoms with E-state index in [1.54, 1.807) is 91.6 Å². The van der Waals surface area contributed by atoms with E-state index in [4.69, 9.17) is 30.0 Å². The Balaban J connectivity index is 1.80. The number of hydrogen-bond donors (Lipinski definition) is 0. The monoisotopic (exact) mass is 564 g/mol. The molecule has 0 unspecified atom stereocenters. The fourth-order valence-corrected chi connectivity index (χ4v) is 4.44. The van der Waals surface area contributed by atoms with Crippen molar-refractivity contribution in [3.63, 3.8) is 0 Å². The number of nitrogens with zero attached hydrogens (tertiary/aromatic N) is 6. The van der Waals surface area contributed by atoms with Gasteiger partial charge in [-0.25, -0.2) is 28.1 Å². The Kier molecular flexibility index (Phi) is 9.53. The van der Waals surface area contributed by atoms with Gasteiger partial charge in [0.1, 0.15) is 19.8 Å². The van der Waals surface area contributed by atoms with Crippen LogP contribution in [-0.2, 0) is 53.7 Å². The van der Waals surface area contributed by atoms with Crippen molar-refractivity contribution in [3.05, 3.63) is 138 Å². The quantitative estimate of drug-likeness (QED) is 0.235. The zero-order valence-electron chi connectivity index (χ0n) is 22.3.